The number of nitrogens with one attached hydrogen (secondary N) is 1. The van der Waals surface area contributed by atoms with Crippen LogP contribution >= 0.6 is 0 Å². The first-order valence-corrected chi connectivity index (χ1v) is 6.28. The monoisotopic (exact) mass is 282 g/mol. The Labute approximate surface area is 120 Å². The molecule has 0 spiro atoms. The Morgan fingerprint density at radius 3 is 2.62 bits per heavy atom. The zero-order chi connectivity index (χ0) is 15.0. The van der Waals surface area contributed by atoms with Gasteiger partial charge in [-0.1, -0.05) is 0 Å². The number of nitrogens with zero attached hydrogens (tertiary/aromatic N) is 3. The van der Waals surface area contributed by atoms with Crippen molar-refractivity contribution in [3.8, 4) is 17.7 Å². The second kappa shape index (κ2) is 4.87. The highest BCUT2D eigenvalue weighted by molar-refractivity contribution is 5.80. The van der Waals surface area contributed by atoms with Crippen LogP contribution in [0.5, 0.6) is 11.6 Å². The van der Waals surface area contributed by atoms with Gasteiger partial charge in [-0.25, -0.2) is 0 Å². The molecular weight excluding hydrogens is 271 g/mol. The number of aryl methyl sites for hydroxylation is 2. The molecule has 0 amide bonds. The highest BCUT2D eigenvalue weighted by atomic mass is 19.1. The van der Waals surface area contributed by atoms with E-state index < -0.39 is 6.08 Å². The van der Waals surface area contributed by atoms with Crippen LogP contribution in [-0.2, 0) is 0 Å². The molecule has 2 aromatic heterocycles. The number of rotatable bonds is 2. The Hall–Kier alpha value is -2.94. The molecule has 0 aliphatic heterocycles. The molecule has 6 heteroatoms. The van der Waals surface area contributed by atoms with Gasteiger partial charge in [-0.3, -0.25) is 0 Å². The van der Waals surface area contributed by atoms with E-state index in [0.29, 0.717) is 22.3 Å². The summed E-state index contributed by atoms with van der Waals surface area (Å²) in [5.74, 6) is 0.712. The van der Waals surface area contributed by atoms with Crippen molar-refractivity contribution in [2.75, 3.05) is 0 Å². The fraction of sp³-hybridized carbons (Fsp3) is 0.133. The Bertz CT molecular complexity index is 856. The first kappa shape index (κ1) is 13.1. The topological polar surface area (TPSA) is 74.6 Å². The molecule has 0 aliphatic rings. The first-order chi connectivity index (χ1) is 10.1. The zero-order valence-electron chi connectivity index (χ0n) is 11.4. The molecule has 1 aromatic carbocycles. The Kier molecular flexibility index (Phi) is 3.03. The van der Waals surface area contributed by atoms with Gasteiger partial charge in [-0.15, -0.1) is 0 Å². The van der Waals surface area contributed by atoms with Crippen LogP contribution in [0.25, 0.3) is 11.0 Å². The lowest BCUT2D eigenvalue weighted by Crippen LogP contribution is -1.98. The molecule has 21 heavy (non-hydrogen) atoms. The Balaban J connectivity index is 2.11. The Morgan fingerprint density at radius 2 is 1.95 bits per heavy atom. The van der Waals surface area contributed by atoms with E-state index in [9.17, 15) is 4.39 Å². The smallest absolute Gasteiger partial charge is 0.313 e. The van der Waals surface area contributed by atoms with Crippen molar-refractivity contribution >= 4 is 11.0 Å². The molecule has 0 bridgehead atoms. The molecule has 0 atom stereocenters. The van der Waals surface area contributed by atoms with Gasteiger partial charge in [-0.2, -0.15) is 19.6 Å². The third-order valence-corrected chi connectivity index (χ3v) is 3.14. The summed E-state index contributed by atoms with van der Waals surface area (Å²) in [6.07, 6.45) is 0.785. The first-order valence-electron chi connectivity index (χ1n) is 6.28. The molecule has 0 fully saturated rings. The molecule has 0 saturated carbocycles. The van der Waals surface area contributed by atoms with Gasteiger partial charge in [0.05, 0.1) is 17.0 Å². The van der Waals surface area contributed by atoms with Gasteiger partial charge in [-0.05, 0) is 43.2 Å². The van der Waals surface area contributed by atoms with E-state index in [1.807, 2.05) is 13.8 Å². The number of H-pyrrole nitrogens is 1. The molecule has 0 radical (unpaired) electrons. The van der Waals surface area contributed by atoms with Gasteiger partial charge in [0.25, 0.3) is 0 Å². The summed E-state index contributed by atoms with van der Waals surface area (Å²) >= 11 is 0. The van der Waals surface area contributed by atoms with Crippen LogP contribution in [0.1, 0.15) is 16.7 Å². The molecule has 104 valence electrons. The highest BCUT2D eigenvalue weighted by Crippen LogP contribution is 2.32. The second-order valence-electron chi connectivity index (χ2n) is 4.69. The summed E-state index contributed by atoms with van der Waals surface area (Å²) in [7, 11) is 0. The van der Waals surface area contributed by atoms with Crippen LogP contribution in [0.2, 0.25) is 0 Å². The van der Waals surface area contributed by atoms with Crippen LogP contribution in [0.15, 0.2) is 24.4 Å². The second-order valence-corrected chi connectivity index (χ2v) is 4.69. The average Bonchev–Trinajstić information content (AvgIpc) is 2.90. The van der Waals surface area contributed by atoms with E-state index in [1.165, 1.54) is 0 Å². The lowest BCUT2D eigenvalue weighted by Gasteiger charge is -2.12. The summed E-state index contributed by atoms with van der Waals surface area (Å²) in [4.78, 5) is 10.2. The maximum atomic E-state index is 13.4. The highest BCUT2D eigenvalue weighted by Gasteiger charge is 2.14. The molecule has 0 aliphatic carbocycles. The number of benzene rings is 1. The third kappa shape index (κ3) is 2.30. The predicted molar refractivity (Wildman–Crippen MR) is 74.6 cm³/mol. The van der Waals surface area contributed by atoms with Gasteiger partial charge in [0.15, 0.2) is 0 Å². The number of hydrogen-bond acceptors (Lipinski definition) is 4. The van der Waals surface area contributed by atoms with Crippen molar-refractivity contribution in [3.63, 3.8) is 0 Å². The lowest BCUT2D eigenvalue weighted by molar-refractivity contribution is 0.437. The summed E-state index contributed by atoms with van der Waals surface area (Å²) in [6, 6.07) is 7.24. The van der Waals surface area contributed by atoms with Crippen LogP contribution in [0, 0.1) is 31.3 Å². The SMILES string of the molecule is Cc1cc(C#N)cc(C)c1Oc1nc(F)nc2[nH]ccc12. The van der Waals surface area contributed by atoms with Gasteiger partial charge in [0.1, 0.15) is 11.4 Å². The third-order valence-electron chi connectivity index (χ3n) is 3.14. The fourth-order valence-corrected chi connectivity index (χ4v) is 2.24. The summed E-state index contributed by atoms with van der Waals surface area (Å²) < 4.78 is 19.2. The van der Waals surface area contributed by atoms with Gasteiger partial charge in [0, 0.05) is 6.20 Å². The van der Waals surface area contributed by atoms with E-state index in [2.05, 4.69) is 21.0 Å². The van der Waals surface area contributed by atoms with E-state index >= 15 is 0 Å². The van der Waals surface area contributed by atoms with Crippen molar-refractivity contribution in [3.05, 3.63) is 47.2 Å². The number of hydrogen-bond donors (Lipinski definition) is 1. The molecule has 3 rings (SSSR count). The van der Waals surface area contributed by atoms with Gasteiger partial charge >= 0.3 is 6.08 Å². The molecule has 5 nitrogen and oxygen atoms in total. The number of ether oxygens (including phenoxy) is 1. The predicted octanol–water partition coefficient (Wildman–Crippen LogP) is 3.38. The number of halogens is 1. The van der Waals surface area contributed by atoms with E-state index in [-0.39, 0.29) is 5.88 Å². The summed E-state index contributed by atoms with van der Waals surface area (Å²) in [6.45, 7) is 3.66. The van der Waals surface area contributed by atoms with E-state index in [1.54, 1.807) is 24.4 Å². The number of fused-ring (bicyclic) bond motifs is 1. The quantitative estimate of drug-likeness (QED) is 0.731. The molecule has 0 saturated heterocycles. The minimum Gasteiger partial charge on any atom is -0.438 e. The number of nitriles is 1. The maximum Gasteiger partial charge on any atom is 0.313 e. The summed E-state index contributed by atoms with van der Waals surface area (Å²) in [5, 5.41) is 9.55. The standard InChI is InChI=1S/C15H11FN4O/c1-8-5-10(7-17)6-9(2)12(8)21-14-11-3-4-18-13(11)19-15(16)20-14/h3-6H,1-2H3,(H,18,19,20). The van der Waals surface area contributed by atoms with Crippen molar-refractivity contribution in [1.82, 2.24) is 15.0 Å². The molecule has 0 unspecified atom stereocenters. The number of aromatic amines is 1. The molecule has 1 N–H and O–H groups in total. The lowest BCUT2D eigenvalue weighted by atomic mass is 10.1. The van der Waals surface area contributed by atoms with Gasteiger partial charge < -0.3 is 9.72 Å². The summed E-state index contributed by atoms with van der Waals surface area (Å²) in [5.41, 5.74) is 2.50. The maximum absolute atomic E-state index is 13.4. The van der Waals surface area contributed by atoms with Crippen LogP contribution < -0.4 is 4.74 Å². The largest absolute Gasteiger partial charge is 0.438 e. The zero-order valence-corrected chi connectivity index (χ0v) is 11.4. The van der Waals surface area contributed by atoms with Crippen molar-refractivity contribution in [2.24, 2.45) is 0 Å². The van der Waals surface area contributed by atoms with Crippen LogP contribution in [-0.4, -0.2) is 15.0 Å². The van der Waals surface area contributed by atoms with Gasteiger partial charge in [0.2, 0.25) is 5.88 Å². The Morgan fingerprint density at radius 1 is 1.24 bits per heavy atom. The fourth-order valence-electron chi connectivity index (χ4n) is 2.24. The molecular formula is C15H11FN4O. The minimum absolute atomic E-state index is 0.148. The minimum atomic E-state index is -0.857. The van der Waals surface area contributed by atoms with E-state index in [0.717, 1.165) is 11.1 Å². The molecule has 2 heterocycles. The molecule has 3 aromatic rings. The van der Waals surface area contributed by atoms with Crippen LogP contribution in [0.3, 0.4) is 0 Å². The van der Waals surface area contributed by atoms with E-state index in [4.69, 9.17) is 10.00 Å². The van der Waals surface area contributed by atoms with Crippen molar-refractivity contribution < 1.29 is 9.13 Å². The number of aromatic nitrogens is 3. The van der Waals surface area contributed by atoms with Crippen LogP contribution in [0.4, 0.5) is 4.39 Å². The van der Waals surface area contributed by atoms with Crippen molar-refractivity contribution in [2.45, 2.75) is 13.8 Å². The van der Waals surface area contributed by atoms with Crippen molar-refractivity contribution in [1.29, 1.82) is 5.26 Å². The average molecular weight is 282 g/mol. The normalized spacial score (nSPS) is 10.6.